The van der Waals surface area contributed by atoms with Crippen LogP contribution in [-0.4, -0.2) is 86.3 Å². The Hall–Kier alpha value is -2.81. The van der Waals surface area contributed by atoms with Gasteiger partial charge in [0.05, 0.1) is 25.9 Å². The molecule has 172 valence electrons. The van der Waals surface area contributed by atoms with Crippen LogP contribution in [0.25, 0.3) is 0 Å². The van der Waals surface area contributed by atoms with Crippen LogP contribution in [0, 0.1) is 0 Å². The van der Waals surface area contributed by atoms with E-state index in [9.17, 15) is 14.4 Å². The number of rotatable bonds is 9. The Kier molecular flexibility index (Phi) is 9.11. The van der Waals surface area contributed by atoms with Crippen LogP contribution >= 0.6 is 0 Å². The van der Waals surface area contributed by atoms with Crippen molar-refractivity contribution in [1.82, 2.24) is 9.80 Å². The van der Waals surface area contributed by atoms with Gasteiger partial charge in [-0.3, -0.25) is 9.59 Å². The van der Waals surface area contributed by atoms with Gasteiger partial charge in [0.25, 0.3) is 11.8 Å². The zero-order valence-electron chi connectivity index (χ0n) is 18.9. The minimum Gasteiger partial charge on any atom is -0.493 e. The molecule has 1 aromatic rings. The summed E-state index contributed by atoms with van der Waals surface area (Å²) in [6.45, 7) is 9.25. The minimum absolute atomic E-state index is 0.00269. The van der Waals surface area contributed by atoms with Gasteiger partial charge < -0.3 is 28.7 Å². The maximum atomic E-state index is 12.4. The van der Waals surface area contributed by atoms with Crippen LogP contribution in [0.4, 0.5) is 0 Å². The first-order chi connectivity index (χ1) is 14.7. The predicted octanol–water partition coefficient (Wildman–Crippen LogP) is 1.73. The van der Waals surface area contributed by atoms with Crippen molar-refractivity contribution in [2.45, 2.75) is 39.8 Å². The molecule has 1 heterocycles. The number of amides is 2. The van der Waals surface area contributed by atoms with Crippen molar-refractivity contribution in [2.75, 3.05) is 46.6 Å². The van der Waals surface area contributed by atoms with Crippen molar-refractivity contribution in [1.29, 1.82) is 0 Å². The Morgan fingerprint density at radius 3 is 2.26 bits per heavy atom. The summed E-state index contributed by atoms with van der Waals surface area (Å²) in [6, 6.07) is 4.51. The number of benzene rings is 1. The third-order valence-electron chi connectivity index (χ3n) is 4.84. The number of methoxy groups -OCH3 is 1. The molecule has 1 saturated heterocycles. The van der Waals surface area contributed by atoms with Crippen LogP contribution < -0.4 is 9.47 Å². The van der Waals surface area contributed by atoms with Crippen LogP contribution in [0.5, 0.6) is 11.5 Å². The zero-order valence-corrected chi connectivity index (χ0v) is 18.9. The van der Waals surface area contributed by atoms with Crippen molar-refractivity contribution >= 4 is 17.8 Å². The number of hydrogen-bond donors (Lipinski definition) is 0. The summed E-state index contributed by atoms with van der Waals surface area (Å²) in [4.78, 5) is 40.4. The summed E-state index contributed by atoms with van der Waals surface area (Å²) in [6.07, 6.45) is 0. The van der Waals surface area contributed by atoms with Crippen LogP contribution in [0.15, 0.2) is 18.2 Å². The fourth-order valence-corrected chi connectivity index (χ4v) is 3.41. The second kappa shape index (κ2) is 11.5. The topological polar surface area (TPSA) is 94.6 Å². The van der Waals surface area contributed by atoms with Gasteiger partial charge in [0, 0.05) is 25.2 Å². The molecule has 0 unspecified atom stereocenters. The van der Waals surface area contributed by atoms with E-state index in [1.54, 1.807) is 15.9 Å². The van der Waals surface area contributed by atoms with Crippen molar-refractivity contribution in [3.63, 3.8) is 0 Å². The molecule has 0 atom stereocenters. The Morgan fingerprint density at radius 2 is 1.68 bits per heavy atom. The molecule has 1 fully saturated rings. The Morgan fingerprint density at radius 1 is 1.03 bits per heavy atom. The normalized spacial score (nSPS) is 13.8. The van der Waals surface area contributed by atoms with Gasteiger partial charge in [0.2, 0.25) is 0 Å². The van der Waals surface area contributed by atoms with Gasteiger partial charge in [-0.25, -0.2) is 4.79 Å². The van der Waals surface area contributed by atoms with Crippen LogP contribution in [0.3, 0.4) is 0 Å². The van der Waals surface area contributed by atoms with E-state index < -0.39 is 5.97 Å². The molecule has 0 aromatic heterocycles. The first-order valence-corrected chi connectivity index (χ1v) is 10.4. The van der Waals surface area contributed by atoms with E-state index in [1.165, 1.54) is 19.2 Å². The van der Waals surface area contributed by atoms with Crippen LogP contribution in [0.2, 0.25) is 0 Å². The van der Waals surface area contributed by atoms with Crippen molar-refractivity contribution in [3.8, 4) is 11.5 Å². The number of ether oxygens (including phenoxy) is 4. The molecule has 31 heavy (non-hydrogen) atoms. The molecular formula is C22H32N2O7. The molecule has 0 aliphatic carbocycles. The summed E-state index contributed by atoms with van der Waals surface area (Å²) in [5.74, 6) is -0.418. The molecule has 2 rings (SSSR count). The van der Waals surface area contributed by atoms with Gasteiger partial charge in [-0.05, 0) is 45.9 Å². The molecular weight excluding hydrogens is 404 g/mol. The van der Waals surface area contributed by atoms with Gasteiger partial charge in [0.15, 0.2) is 24.7 Å². The number of esters is 1. The van der Waals surface area contributed by atoms with Crippen LogP contribution in [-0.2, 0) is 19.1 Å². The smallest absolute Gasteiger partial charge is 0.338 e. The Labute approximate surface area is 183 Å². The van der Waals surface area contributed by atoms with Gasteiger partial charge in [0.1, 0.15) is 0 Å². The number of carbonyl (C=O) groups excluding carboxylic acids is 3. The molecule has 0 radical (unpaired) electrons. The number of hydrogen-bond acceptors (Lipinski definition) is 7. The van der Waals surface area contributed by atoms with Crippen molar-refractivity contribution in [3.05, 3.63) is 23.8 Å². The summed E-state index contributed by atoms with van der Waals surface area (Å²) in [5.41, 5.74) is 0.220. The third kappa shape index (κ3) is 6.85. The van der Waals surface area contributed by atoms with E-state index in [1.807, 2.05) is 27.7 Å². The van der Waals surface area contributed by atoms with E-state index in [0.717, 1.165) is 0 Å². The van der Waals surface area contributed by atoms with Gasteiger partial charge in [-0.1, -0.05) is 0 Å². The maximum Gasteiger partial charge on any atom is 0.338 e. The summed E-state index contributed by atoms with van der Waals surface area (Å²) in [5, 5.41) is 0. The van der Waals surface area contributed by atoms with E-state index >= 15 is 0 Å². The third-order valence-corrected chi connectivity index (χ3v) is 4.84. The lowest BCUT2D eigenvalue weighted by molar-refractivity contribution is -0.138. The summed E-state index contributed by atoms with van der Waals surface area (Å²) in [7, 11) is 1.44. The highest BCUT2D eigenvalue weighted by Gasteiger charge is 2.22. The molecule has 1 aliphatic heterocycles. The molecule has 0 spiro atoms. The van der Waals surface area contributed by atoms with Gasteiger partial charge in [-0.2, -0.15) is 0 Å². The van der Waals surface area contributed by atoms with Crippen molar-refractivity contribution < 1.29 is 33.3 Å². The Bertz CT molecular complexity index is 765. The molecule has 1 aromatic carbocycles. The molecule has 9 nitrogen and oxygen atoms in total. The highest BCUT2D eigenvalue weighted by atomic mass is 16.5. The summed E-state index contributed by atoms with van der Waals surface area (Å²) >= 11 is 0. The highest BCUT2D eigenvalue weighted by molar-refractivity contribution is 5.92. The molecule has 0 saturated carbocycles. The Balaban J connectivity index is 1.96. The second-order valence-corrected chi connectivity index (χ2v) is 7.71. The average molecular weight is 437 g/mol. The van der Waals surface area contributed by atoms with E-state index in [2.05, 4.69) is 0 Å². The van der Waals surface area contributed by atoms with E-state index in [-0.39, 0.29) is 42.7 Å². The lowest BCUT2D eigenvalue weighted by Gasteiger charge is -2.30. The lowest BCUT2D eigenvalue weighted by Crippen LogP contribution is -2.44. The number of morpholine rings is 1. The van der Waals surface area contributed by atoms with Crippen molar-refractivity contribution in [2.24, 2.45) is 0 Å². The monoisotopic (exact) mass is 436 g/mol. The molecule has 9 heteroatoms. The molecule has 1 aliphatic rings. The SMILES string of the molecule is COc1cc(C(=O)OCC(=O)N(C(C)C)C(C)C)ccc1OCC(=O)N1CCOCC1. The van der Waals surface area contributed by atoms with Gasteiger partial charge in [-0.15, -0.1) is 0 Å². The van der Waals surface area contributed by atoms with Crippen LogP contribution in [0.1, 0.15) is 38.1 Å². The maximum absolute atomic E-state index is 12.4. The predicted molar refractivity (Wildman–Crippen MR) is 113 cm³/mol. The largest absolute Gasteiger partial charge is 0.493 e. The molecule has 2 amide bonds. The fourth-order valence-electron chi connectivity index (χ4n) is 3.41. The molecule has 0 bridgehead atoms. The fraction of sp³-hybridized carbons (Fsp3) is 0.591. The lowest BCUT2D eigenvalue weighted by atomic mass is 10.2. The first kappa shape index (κ1) is 24.5. The second-order valence-electron chi connectivity index (χ2n) is 7.71. The average Bonchev–Trinajstić information content (AvgIpc) is 2.75. The summed E-state index contributed by atoms with van der Waals surface area (Å²) < 4.78 is 21.3. The highest BCUT2D eigenvalue weighted by Crippen LogP contribution is 2.28. The quantitative estimate of drug-likeness (QED) is 0.544. The first-order valence-electron chi connectivity index (χ1n) is 10.4. The standard InChI is InChI=1S/C22H32N2O7/c1-15(2)24(16(3)4)21(26)14-31-22(27)17-6-7-18(19(12-17)28-5)30-13-20(25)23-8-10-29-11-9-23/h6-7,12,15-16H,8-11,13-14H2,1-5H3. The number of nitrogens with zero attached hydrogens (tertiary/aromatic N) is 2. The van der Waals surface area contributed by atoms with Gasteiger partial charge >= 0.3 is 5.97 Å². The van der Waals surface area contributed by atoms with E-state index in [0.29, 0.717) is 37.8 Å². The number of carbonyl (C=O) groups is 3. The van der Waals surface area contributed by atoms with E-state index in [4.69, 9.17) is 18.9 Å². The zero-order chi connectivity index (χ0) is 23.0. The minimum atomic E-state index is -0.643. The molecule has 0 N–H and O–H groups in total.